The number of carbonyl (C=O) groups excluding carboxylic acids is 2. The summed E-state index contributed by atoms with van der Waals surface area (Å²) < 4.78 is 1.57. The predicted molar refractivity (Wildman–Crippen MR) is 127 cm³/mol. The summed E-state index contributed by atoms with van der Waals surface area (Å²) in [6, 6.07) is 6.93. The van der Waals surface area contributed by atoms with Gasteiger partial charge in [0.05, 0.1) is 28.0 Å². The summed E-state index contributed by atoms with van der Waals surface area (Å²) in [5.41, 5.74) is 1.54. The monoisotopic (exact) mass is 476 g/mol. The number of amides is 2. The van der Waals surface area contributed by atoms with E-state index in [0.29, 0.717) is 34.7 Å². The SMILES string of the molecule is Cc1cc(-c2ccc(Cl)c(C(=O)NCC3(O)CCCCCC3)c2)nn1CC(=O)NC[C@H](C)O. The lowest BCUT2D eigenvalue weighted by atomic mass is 9.94. The van der Waals surface area contributed by atoms with Crippen molar-refractivity contribution in [1.29, 1.82) is 0 Å². The third kappa shape index (κ3) is 7.03. The lowest BCUT2D eigenvalue weighted by molar-refractivity contribution is -0.122. The van der Waals surface area contributed by atoms with Crippen LogP contribution in [0.2, 0.25) is 5.02 Å². The van der Waals surface area contributed by atoms with Gasteiger partial charge < -0.3 is 20.8 Å². The first-order valence-electron chi connectivity index (χ1n) is 11.5. The molecule has 1 aliphatic rings. The first-order valence-corrected chi connectivity index (χ1v) is 11.8. The Bertz CT molecular complexity index is 981. The van der Waals surface area contributed by atoms with Crippen LogP contribution in [0.5, 0.6) is 0 Å². The van der Waals surface area contributed by atoms with Crippen molar-refractivity contribution in [3.63, 3.8) is 0 Å². The maximum Gasteiger partial charge on any atom is 0.252 e. The molecule has 1 aromatic carbocycles. The summed E-state index contributed by atoms with van der Waals surface area (Å²) in [5, 5.41) is 30.4. The maximum atomic E-state index is 12.9. The van der Waals surface area contributed by atoms with Crippen molar-refractivity contribution in [3.05, 3.63) is 40.5 Å². The van der Waals surface area contributed by atoms with Crippen LogP contribution in [-0.4, -0.2) is 56.6 Å². The van der Waals surface area contributed by atoms with Crippen LogP contribution in [0.1, 0.15) is 61.5 Å². The van der Waals surface area contributed by atoms with Crippen molar-refractivity contribution >= 4 is 23.4 Å². The predicted octanol–water partition coefficient (Wildman–Crippen LogP) is 2.82. The molecule has 1 heterocycles. The average molecular weight is 477 g/mol. The first kappa shape index (κ1) is 25.2. The Balaban J connectivity index is 1.70. The van der Waals surface area contributed by atoms with Crippen molar-refractivity contribution in [3.8, 4) is 11.3 Å². The van der Waals surface area contributed by atoms with Gasteiger partial charge in [0.2, 0.25) is 5.91 Å². The molecule has 0 aliphatic heterocycles. The van der Waals surface area contributed by atoms with Crippen molar-refractivity contribution in [2.75, 3.05) is 13.1 Å². The second kappa shape index (κ2) is 11.1. The molecule has 0 bridgehead atoms. The van der Waals surface area contributed by atoms with E-state index in [2.05, 4.69) is 15.7 Å². The highest BCUT2D eigenvalue weighted by atomic mass is 35.5. The standard InChI is InChI=1S/C24H33ClN4O4/c1-16-11-21(28-29(16)14-22(31)26-13-17(2)30)18-7-8-20(25)19(12-18)23(32)27-15-24(33)9-5-3-4-6-10-24/h7-8,11-12,17,30,33H,3-6,9-10,13-15H2,1-2H3,(H,26,31)(H,27,32)/t17-/m0/s1. The number of aromatic nitrogens is 2. The molecule has 180 valence electrons. The van der Waals surface area contributed by atoms with Gasteiger partial charge in [0.15, 0.2) is 0 Å². The summed E-state index contributed by atoms with van der Waals surface area (Å²) in [4.78, 5) is 24.9. The largest absolute Gasteiger partial charge is 0.392 e. The van der Waals surface area contributed by atoms with E-state index in [1.54, 1.807) is 29.8 Å². The number of nitrogens with one attached hydrogen (secondary N) is 2. The molecule has 1 fully saturated rings. The molecule has 1 aliphatic carbocycles. The smallest absolute Gasteiger partial charge is 0.252 e. The fourth-order valence-electron chi connectivity index (χ4n) is 4.03. The number of rotatable bonds is 8. The highest BCUT2D eigenvalue weighted by Crippen LogP contribution is 2.28. The minimum atomic E-state index is -0.874. The number of nitrogens with zero attached hydrogens (tertiary/aromatic N) is 2. The highest BCUT2D eigenvalue weighted by molar-refractivity contribution is 6.34. The molecule has 1 atom stereocenters. The number of aliphatic hydroxyl groups excluding tert-OH is 1. The number of carbonyl (C=O) groups is 2. The van der Waals surface area contributed by atoms with E-state index in [9.17, 15) is 19.8 Å². The van der Waals surface area contributed by atoms with Gasteiger partial charge in [0, 0.05) is 24.3 Å². The Labute approximate surface area is 199 Å². The Morgan fingerprint density at radius 2 is 1.88 bits per heavy atom. The van der Waals surface area contributed by atoms with Gasteiger partial charge in [-0.05, 0) is 44.9 Å². The third-order valence-electron chi connectivity index (χ3n) is 5.99. The number of hydrogen-bond acceptors (Lipinski definition) is 5. The number of aliphatic hydroxyl groups is 2. The van der Waals surface area contributed by atoms with E-state index in [1.165, 1.54) is 0 Å². The molecule has 3 rings (SSSR count). The molecule has 8 nitrogen and oxygen atoms in total. The van der Waals surface area contributed by atoms with Crippen molar-refractivity contribution in [2.24, 2.45) is 0 Å². The minimum absolute atomic E-state index is 0.0259. The van der Waals surface area contributed by atoms with Crippen molar-refractivity contribution < 1.29 is 19.8 Å². The van der Waals surface area contributed by atoms with Crippen LogP contribution >= 0.6 is 11.6 Å². The molecule has 2 aromatic rings. The number of benzene rings is 1. The fourth-order valence-corrected chi connectivity index (χ4v) is 4.23. The van der Waals surface area contributed by atoms with Crippen LogP contribution in [-0.2, 0) is 11.3 Å². The Morgan fingerprint density at radius 1 is 1.18 bits per heavy atom. The molecular weight excluding hydrogens is 444 g/mol. The van der Waals surface area contributed by atoms with E-state index in [4.69, 9.17) is 11.6 Å². The normalized spacial score (nSPS) is 16.6. The van der Waals surface area contributed by atoms with Crippen LogP contribution in [0.4, 0.5) is 0 Å². The molecule has 4 N–H and O–H groups in total. The van der Waals surface area contributed by atoms with Gasteiger partial charge in [-0.3, -0.25) is 14.3 Å². The maximum absolute atomic E-state index is 12.9. The van der Waals surface area contributed by atoms with Crippen LogP contribution < -0.4 is 10.6 Å². The van der Waals surface area contributed by atoms with Crippen LogP contribution in [0.3, 0.4) is 0 Å². The molecule has 2 amide bonds. The number of halogens is 1. The summed E-state index contributed by atoms with van der Waals surface area (Å²) in [6.07, 6.45) is 4.88. The topological polar surface area (TPSA) is 116 Å². The molecule has 0 unspecified atom stereocenters. The summed E-state index contributed by atoms with van der Waals surface area (Å²) in [6.45, 7) is 3.84. The van der Waals surface area contributed by atoms with Gasteiger partial charge >= 0.3 is 0 Å². The average Bonchev–Trinajstić information content (AvgIpc) is 2.99. The highest BCUT2D eigenvalue weighted by Gasteiger charge is 2.28. The van der Waals surface area contributed by atoms with E-state index in [-0.39, 0.29) is 31.4 Å². The molecule has 1 aromatic heterocycles. The second-order valence-corrected chi connectivity index (χ2v) is 9.40. The number of hydrogen-bond donors (Lipinski definition) is 4. The zero-order valence-corrected chi connectivity index (χ0v) is 20.0. The molecule has 0 spiro atoms. The van der Waals surface area contributed by atoms with Gasteiger partial charge in [-0.2, -0.15) is 5.10 Å². The van der Waals surface area contributed by atoms with Gasteiger partial charge in [-0.1, -0.05) is 43.4 Å². The van der Waals surface area contributed by atoms with E-state index < -0.39 is 11.7 Å². The van der Waals surface area contributed by atoms with E-state index >= 15 is 0 Å². The van der Waals surface area contributed by atoms with Gasteiger partial charge in [-0.15, -0.1) is 0 Å². The summed E-state index contributed by atoms with van der Waals surface area (Å²) >= 11 is 6.30. The zero-order valence-electron chi connectivity index (χ0n) is 19.2. The lowest BCUT2D eigenvalue weighted by Crippen LogP contribution is -2.42. The van der Waals surface area contributed by atoms with Crippen LogP contribution in [0.25, 0.3) is 11.3 Å². The van der Waals surface area contributed by atoms with Gasteiger partial charge in [0.25, 0.3) is 5.91 Å². The molecule has 1 saturated carbocycles. The second-order valence-electron chi connectivity index (χ2n) is 9.00. The molecule has 0 saturated heterocycles. The molecule has 0 radical (unpaired) electrons. The molecule has 9 heteroatoms. The van der Waals surface area contributed by atoms with Crippen molar-refractivity contribution in [2.45, 2.75) is 70.6 Å². The zero-order chi connectivity index (χ0) is 24.0. The third-order valence-corrected chi connectivity index (χ3v) is 6.32. The van der Waals surface area contributed by atoms with Crippen LogP contribution in [0.15, 0.2) is 24.3 Å². The fraction of sp³-hybridized carbons (Fsp3) is 0.542. The Hall–Kier alpha value is -2.42. The summed E-state index contributed by atoms with van der Waals surface area (Å²) in [5.74, 6) is -0.588. The van der Waals surface area contributed by atoms with Crippen LogP contribution in [0, 0.1) is 6.92 Å². The number of aryl methyl sites for hydroxylation is 1. The van der Waals surface area contributed by atoms with Gasteiger partial charge in [-0.25, -0.2) is 0 Å². The quantitative estimate of drug-likeness (QED) is 0.437. The van der Waals surface area contributed by atoms with E-state index in [0.717, 1.165) is 31.4 Å². The van der Waals surface area contributed by atoms with E-state index in [1.807, 2.05) is 13.0 Å². The summed E-state index contributed by atoms with van der Waals surface area (Å²) in [7, 11) is 0. The first-order chi connectivity index (χ1) is 15.7. The van der Waals surface area contributed by atoms with Gasteiger partial charge in [0.1, 0.15) is 6.54 Å². The minimum Gasteiger partial charge on any atom is -0.392 e. The van der Waals surface area contributed by atoms with Crippen molar-refractivity contribution in [1.82, 2.24) is 20.4 Å². The molecule has 33 heavy (non-hydrogen) atoms. The molecular formula is C24H33ClN4O4. The Kier molecular flexibility index (Phi) is 8.51. The Morgan fingerprint density at radius 3 is 2.55 bits per heavy atom. The lowest BCUT2D eigenvalue weighted by Gasteiger charge is -2.26.